The number of halogens is 2. The number of ether oxygens (including phenoxy) is 1. The molecular weight excluding hydrogens is 324 g/mol. The van der Waals surface area contributed by atoms with Gasteiger partial charge in [0.15, 0.2) is 18.0 Å². The first-order chi connectivity index (χ1) is 11.4. The molecule has 10 heteroatoms. The van der Waals surface area contributed by atoms with Crippen molar-refractivity contribution in [3.05, 3.63) is 45.5 Å². The van der Waals surface area contributed by atoms with E-state index in [9.17, 15) is 18.4 Å². The molecule has 3 rings (SSSR count). The summed E-state index contributed by atoms with van der Waals surface area (Å²) in [6.07, 6.45) is 3.74. The Morgan fingerprint density at radius 1 is 1.38 bits per heavy atom. The average molecular weight is 337 g/mol. The highest BCUT2D eigenvalue weighted by atomic mass is 19.3. The van der Waals surface area contributed by atoms with Crippen LogP contribution in [0.25, 0.3) is 16.9 Å². The number of alkyl halides is 2. The molecular formula is C14H13F2N5O3. The fraction of sp³-hybridized carbons (Fsp3) is 0.286. The van der Waals surface area contributed by atoms with E-state index in [1.165, 1.54) is 36.1 Å². The number of nitrogens with zero attached hydrogens (tertiary/aromatic N) is 3. The Morgan fingerprint density at radius 2 is 2.17 bits per heavy atom. The predicted molar refractivity (Wildman–Crippen MR) is 80.4 cm³/mol. The molecule has 0 bridgehead atoms. The normalized spacial score (nSPS) is 11.8. The third-order valence-corrected chi connectivity index (χ3v) is 3.38. The molecule has 0 aromatic carbocycles. The van der Waals surface area contributed by atoms with Crippen LogP contribution in [0.3, 0.4) is 0 Å². The molecule has 0 unspecified atom stereocenters. The van der Waals surface area contributed by atoms with Gasteiger partial charge in [-0.25, -0.2) is 23.1 Å². The maximum atomic E-state index is 13.4. The van der Waals surface area contributed by atoms with Gasteiger partial charge in [0.2, 0.25) is 0 Å². The molecule has 0 fully saturated rings. The van der Waals surface area contributed by atoms with Crippen molar-refractivity contribution in [2.45, 2.75) is 19.3 Å². The summed E-state index contributed by atoms with van der Waals surface area (Å²) in [5.74, 6) is -2.92. The van der Waals surface area contributed by atoms with Crippen LogP contribution in [-0.4, -0.2) is 37.1 Å². The highest BCUT2D eigenvalue weighted by Crippen LogP contribution is 2.26. The van der Waals surface area contributed by atoms with E-state index in [-0.39, 0.29) is 29.1 Å². The number of hydrogen-bond donors (Lipinski definition) is 2. The summed E-state index contributed by atoms with van der Waals surface area (Å²) >= 11 is 0. The Balaban J connectivity index is 2.07. The van der Waals surface area contributed by atoms with Crippen molar-refractivity contribution in [1.29, 1.82) is 0 Å². The van der Waals surface area contributed by atoms with Crippen LogP contribution >= 0.6 is 0 Å². The van der Waals surface area contributed by atoms with Crippen molar-refractivity contribution in [1.82, 2.24) is 24.6 Å². The van der Waals surface area contributed by atoms with Crippen LogP contribution < -0.4 is 16.0 Å². The molecule has 0 spiro atoms. The highest BCUT2D eigenvalue weighted by Gasteiger charge is 2.28. The number of rotatable bonds is 5. The van der Waals surface area contributed by atoms with Crippen molar-refractivity contribution >= 4 is 5.65 Å². The molecule has 126 valence electrons. The molecule has 0 atom stereocenters. The minimum absolute atomic E-state index is 0.0590. The first-order valence-corrected chi connectivity index (χ1v) is 7.07. The fourth-order valence-electron chi connectivity index (χ4n) is 2.01. The molecule has 3 aromatic heterocycles. The van der Waals surface area contributed by atoms with E-state index in [1.807, 2.05) is 0 Å². The fourth-order valence-corrected chi connectivity index (χ4v) is 2.01. The van der Waals surface area contributed by atoms with Gasteiger partial charge in [0.25, 0.3) is 11.5 Å². The number of imidazole rings is 1. The summed E-state index contributed by atoms with van der Waals surface area (Å²) in [6, 6.07) is 1.33. The van der Waals surface area contributed by atoms with E-state index < -0.39 is 23.8 Å². The summed E-state index contributed by atoms with van der Waals surface area (Å²) < 4.78 is 33.4. The summed E-state index contributed by atoms with van der Waals surface area (Å²) in [7, 11) is 0. The average Bonchev–Trinajstić information content (AvgIpc) is 3.01. The zero-order chi connectivity index (χ0) is 17.3. The highest BCUT2D eigenvalue weighted by molar-refractivity contribution is 5.64. The zero-order valence-corrected chi connectivity index (χ0v) is 12.5. The minimum atomic E-state index is -2.98. The van der Waals surface area contributed by atoms with E-state index in [1.54, 1.807) is 0 Å². The van der Waals surface area contributed by atoms with Crippen LogP contribution in [0.2, 0.25) is 0 Å². The van der Waals surface area contributed by atoms with Gasteiger partial charge in [-0.1, -0.05) is 6.92 Å². The second-order valence-electron chi connectivity index (χ2n) is 5.07. The lowest BCUT2D eigenvalue weighted by Crippen LogP contribution is -2.25. The minimum Gasteiger partial charge on any atom is -0.483 e. The third-order valence-electron chi connectivity index (χ3n) is 3.38. The molecule has 0 aliphatic carbocycles. The van der Waals surface area contributed by atoms with Crippen LogP contribution in [0.5, 0.6) is 5.75 Å². The van der Waals surface area contributed by atoms with Gasteiger partial charge < -0.3 is 9.72 Å². The molecule has 0 saturated heterocycles. The van der Waals surface area contributed by atoms with Crippen LogP contribution in [0.4, 0.5) is 8.78 Å². The first kappa shape index (κ1) is 15.8. The van der Waals surface area contributed by atoms with Crippen molar-refractivity contribution in [2.24, 2.45) is 0 Å². The molecule has 24 heavy (non-hydrogen) atoms. The van der Waals surface area contributed by atoms with Gasteiger partial charge in [0, 0.05) is 31.1 Å². The Kier molecular flexibility index (Phi) is 3.87. The quantitative estimate of drug-likeness (QED) is 0.728. The van der Waals surface area contributed by atoms with E-state index in [0.29, 0.717) is 0 Å². The third kappa shape index (κ3) is 3.03. The summed E-state index contributed by atoms with van der Waals surface area (Å²) in [5.41, 5.74) is -0.862. The summed E-state index contributed by atoms with van der Waals surface area (Å²) in [5, 5.41) is 4.17. The summed E-state index contributed by atoms with van der Waals surface area (Å²) in [4.78, 5) is 31.4. The van der Waals surface area contributed by atoms with Crippen LogP contribution in [0.15, 0.2) is 34.2 Å². The molecule has 0 aliphatic rings. The summed E-state index contributed by atoms with van der Waals surface area (Å²) in [6.45, 7) is 0.532. The van der Waals surface area contributed by atoms with E-state index >= 15 is 0 Å². The van der Waals surface area contributed by atoms with Gasteiger partial charge in [0.05, 0.1) is 5.56 Å². The number of aromatic nitrogens is 5. The van der Waals surface area contributed by atoms with E-state index in [4.69, 9.17) is 4.74 Å². The topological polar surface area (TPSA) is 105 Å². The molecule has 3 aromatic rings. The van der Waals surface area contributed by atoms with Crippen molar-refractivity contribution in [2.75, 3.05) is 6.61 Å². The molecule has 0 saturated carbocycles. The number of H-pyrrole nitrogens is 2. The lowest BCUT2D eigenvalue weighted by molar-refractivity contribution is -0.0433. The van der Waals surface area contributed by atoms with Gasteiger partial charge in [-0.05, 0) is 0 Å². The van der Waals surface area contributed by atoms with Crippen molar-refractivity contribution < 1.29 is 13.5 Å². The largest absolute Gasteiger partial charge is 0.483 e. The van der Waals surface area contributed by atoms with Crippen LogP contribution in [0.1, 0.15) is 13.3 Å². The van der Waals surface area contributed by atoms with Crippen molar-refractivity contribution in [3.63, 3.8) is 0 Å². The Hall–Kier alpha value is -3.04. The lowest BCUT2D eigenvalue weighted by Gasteiger charge is -2.15. The standard InChI is InChI=1S/C14H13F2N5O3/c1-2-14(15,16)7-24-10-5-9(20-21-4-3-17-11(10)21)8-6-18-13(23)19-12(8)22/h3-6H,2,7H2,1H3,(H2,18,19,22,23). The Labute approximate surface area is 133 Å². The van der Waals surface area contributed by atoms with Crippen LogP contribution in [-0.2, 0) is 0 Å². The molecule has 0 radical (unpaired) electrons. The van der Waals surface area contributed by atoms with Crippen molar-refractivity contribution in [3.8, 4) is 17.0 Å². The second-order valence-corrected chi connectivity index (χ2v) is 5.07. The van der Waals surface area contributed by atoms with E-state index in [0.717, 1.165) is 0 Å². The number of hydrogen-bond acceptors (Lipinski definition) is 5. The maximum Gasteiger partial charge on any atom is 0.325 e. The van der Waals surface area contributed by atoms with Gasteiger partial charge in [0.1, 0.15) is 5.69 Å². The second kappa shape index (κ2) is 5.87. The molecule has 8 nitrogen and oxygen atoms in total. The number of fused-ring (bicyclic) bond motifs is 1. The Bertz CT molecular complexity index is 992. The van der Waals surface area contributed by atoms with Gasteiger partial charge in [-0.3, -0.25) is 9.78 Å². The monoisotopic (exact) mass is 337 g/mol. The van der Waals surface area contributed by atoms with Gasteiger partial charge in [-0.2, -0.15) is 5.10 Å². The van der Waals surface area contributed by atoms with Gasteiger partial charge in [-0.15, -0.1) is 0 Å². The zero-order valence-electron chi connectivity index (χ0n) is 12.5. The van der Waals surface area contributed by atoms with Crippen LogP contribution in [0, 0.1) is 0 Å². The predicted octanol–water partition coefficient (Wildman–Crippen LogP) is 1.20. The smallest absolute Gasteiger partial charge is 0.325 e. The number of aromatic amines is 2. The molecule has 0 amide bonds. The first-order valence-electron chi connectivity index (χ1n) is 7.07. The molecule has 0 aliphatic heterocycles. The SMILES string of the molecule is CCC(F)(F)COc1cc(-c2c[nH]c(=O)[nH]c2=O)nn2ccnc12. The molecule has 2 N–H and O–H groups in total. The van der Waals surface area contributed by atoms with E-state index in [2.05, 4.69) is 20.1 Å². The molecule has 3 heterocycles. The lowest BCUT2D eigenvalue weighted by atomic mass is 10.2. The van der Waals surface area contributed by atoms with Gasteiger partial charge >= 0.3 is 5.69 Å². The number of nitrogens with one attached hydrogen (secondary N) is 2. The Morgan fingerprint density at radius 3 is 2.88 bits per heavy atom. The maximum absolute atomic E-state index is 13.4.